The van der Waals surface area contributed by atoms with E-state index in [-0.39, 0.29) is 0 Å². The molecule has 0 aromatic carbocycles. The van der Waals surface area contributed by atoms with Crippen molar-refractivity contribution in [2.24, 2.45) is 0 Å². The van der Waals surface area contributed by atoms with Crippen LogP contribution in [0.2, 0.25) is 0 Å². The van der Waals surface area contributed by atoms with E-state index in [1.807, 2.05) is 26.1 Å². The summed E-state index contributed by atoms with van der Waals surface area (Å²) in [5, 5.41) is 14.1. The molecular weight excluding hydrogens is 328 g/mol. The van der Waals surface area contributed by atoms with Crippen LogP contribution in [-0.2, 0) is 11.3 Å². The van der Waals surface area contributed by atoms with Gasteiger partial charge in [-0.3, -0.25) is 4.98 Å². The van der Waals surface area contributed by atoms with Gasteiger partial charge in [0, 0.05) is 48.5 Å². The zero-order chi connectivity index (χ0) is 17.9. The van der Waals surface area contributed by atoms with Gasteiger partial charge in [-0.1, -0.05) is 6.07 Å². The second-order valence-electron chi connectivity index (χ2n) is 6.42. The largest absolute Gasteiger partial charge is 0.378 e. The number of anilines is 2. The van der Waals surface area contributed by atoms with Gasteiger partial charge in [-0.05, 0) is 31.5 Å². The molecule has 0 unspecified atom stereocenters. The van der Waals surface area contributed by atoms with E-state index in [1.165, 1.54) is 0 Å². The van der Waals surface area contributed by atoms with Crippen molar-refractivity contribution in [2.45, 2.75) is 20.4 Å². The van der Waals surface area contributed by atoms with Gasteiger partial charge in [-0.15, -0.1) is 5.10 Å². The number of aryl methyl sites for hydroxylation is 2. The van der Waals surface area contributed by atoms with Crippen molar-refractivity contribution in [3.8, 4) is 0 Å². The summed E-state index contributed by atoms with van der Waals surface area (Å²) >= 11 is 0. The van der Waals surface area contributed by atoms with Gasteiger partial charge in [0.25, 0.3) is 0 Å². The van der Waals surface area contributed by atoms with Gasteiger partial charge in [0.15, 0.2) is 5.82 Å². The minimum Gasteiger partial charge on any atom is -0.378 e. The molecule has 7 heteroatoms. The molecule has 4 rings (SSSR count). The van der Waals surface area contributed by atoms with Crippen LogP contribution in [0.3, 0.4) is 0 Å². The van der Waals surface area contributed by atoms with Crippen molar-refractivity contribution < 1.29 is 4.74 Å². The summed E-state index contributed by atoms with van der Waals surface area (Å²) in [4.78, 5) is 11.2. The summed E-state index contributed by atoms with van der Waals surface area (Å²) in [5.41, 5.74) is 3.04. The van der Waals surface area contributed by atoms with Gasteiger partial charge in [-0.25, -0.2) is 4.98 Å². The number of nitrogens with one attached hydrogen (secondary N) is 1. The van der Waals surface area contributed by atoms with Crippen LogP contribution in [0.4, 0.5) is 11.6 Å². The van der Waals surface area contributed by atoms with Crippen molar-refractivity contribution in [1.82, 2.24) is 20.2 Å². The van der Waals surface area contributed by atoms with Crippen molar-refractivity contribution in [2.75, 3.05) is 36.5 Å². The lowest BCUT2D eigenvalue weighted by Crippen LogP contribution is -2.36. The number of nitrogens with zero attached hydrogens (tertiary/aromatic N) is 5. The average Bonchev–Trinajstić information content (AvgIpc) is 2.69. The lowest BCUT2D eigenvalue weighted by atomic mass is 10.1. The Hall–Kier alpha value is -2.80. The third-order valence-corrected chi connectivity index (χ3v) is 4.73. The lowest BCUT2D eigenvalue weighted by Gasteiger charge is -2.28. The van der Waals surface area contributed by atoms with Gasteiger partial charge < -0.3 is 15.0 Å². The highest BCUT2D eigenvalue weighted by atomic mass is 16.5. The van der Waals surface area contributed by atoms with Crippen LogP contribution in [0, 0.1) is 13.8 Å². The molecule has 0 bridgehead atoms. The van der Waals surface area contributed by atoms with E-state index in [1.54, 1.807) is 6.20 Å². The third-order valence-electron chi connectivity index (χ3n) is 4.73. The number of rotatable bonds is 4. The molecular formula is C19H22N6O. The average molecular weight is 350 g/mol. The zero-order valence-electron chi connectivity index (χ0n) is 15.1. The van der Waals surface area contributed by atoms with Crippen LogP contribution in [0.15, 0.2) is 30.6 Å². The molecule has 1 aliphatic rings. The molecule has 7 nitrogen and oxygen atoms in total. The summed E-state index contributed by atoms with van der Waals surface area (Å²) in [6, 6.07) is 6.12. The predicted molar refractivity (Wildman–Crippen MR) is 101 cm³/mol. The van der Waals surface area contributed by atoms with Crippen LogP contribution in [0.5, 0.6) is 0 Å². The SMILES string of the molecule is Cc1ncccc1CNc1nnc(C)c2cnc(N3CCOCC3)cc12. The molecule has 1 N–H and O–H groups in total. The Morgan fingerprint density at radius 1 is 1.08 bits per heavy atom. The number of hydrogen-bond acceptors (Lipinski definition) is 7. The Labute approximate surface area is 152 Å². The first-order valence-electron chi connectivity index (χ1n) is 8.82. The Morgan fingerprint density at radius 3 is 2.73 bits per heavy atom. The van der Waals surface area contributed by atoms with E-state index in [4.69, 9.17) is 4.74 Å². The fourth-order valence-corrected chi connectivity index (χ4v) is 3.14. The van der Waals surface area contributed by atoms with Crippen LogP contribution in [-0.4, -0.2) is 46.5 Å². The minimum absolute atomic E-state index is 0.654. The van der Waals surface area contributed by atoms with Crippen LogP contribution < -0.4 is 10.2 Å². The molecule has 3 aromatic rings. The Morgan fingerprint density at radius 2 is 1.92 bits per heavy atom. The molecule has 4 heterocycles. The maximum absolute atomic E-state index is 5.44. The Bertz CT molecular complexity index is 923. The number of pyridine rings is 2. The molecule has 26 heavy (non-hydrogen) atoms. The fourth-order valence-electron chi connectivity index (χ4n) is 3.14. The van der Waals surface area contributed by atoms with Gasteiger partial charge >= 0.3 is 0 Å². The molecule has 0 radical (unpaired) electrons. The van der Waals surface area contributed by atoms with E-state index in [9.17, 15) is 0 Å². The summed E-state index contributed by atoms with van der Waals surface area (Å²) in [5.74, 6) is 1.72. The highest BCUT2D eigenvalue weighted by Gasteiger charge is 2.15. The summed E-state index contributed by atoms with van der Waals surface area (Å²) < 4.78 is 5.44. The molecule has 1 fully saturated rings. The molecule has 1 saturated heterocycles. The second kappa shape index (κ2) is 7.21. The summed E-state index contributed by atoms with van der Waals surface area (Å²) in [6.45, 7) is 7.80. The Kier molecular flexibility index (Phi) is 4.62. The zero-order valence-corrected chi connectivity index (χ0v) is 15.1. The van der Waals surface area contributed by atoms with Crippen LogP contribution >= 0.6 is 0 Å². The van der Waals surface area contributed by atoms with E-state index >= 15 is 0 Å². The topological polar surface area (TPSA) is 76.1 Å². The predicted octanol–water partition coefficient (Wildman–Crippen LogP) is 2.49. The number of aromatic nitrogens is 4. The first-order valence-corrected chi connectivity index (χ1v) is 8.82. The maximum atomic E-state index is 5.44. The molecule has 0 atom stereocenters. The van der Waals surface area contributed by atoms with Crippen molar-refractivity contribution in [1.29, 1.82) is 0 Å². The van der Waals surface area contributed by atoms with Gasteiger partial charge in [0.2, 0.25) is 0 Å². The minimum atomic E-state index is 0.654. The molecule has 134 valence electrons. The second-order valence-corrected chi connectivity index (χ2v) is 6.42. The molecule has 1 aliphatic heterocycles. The number of fused-ring (bicyclic) bond motifs is 1. The van der Waals surface area contributed by atoms with E-state index in [0.717, 1.165) is 65.7 Å². The van der Waals surface area contributed by atoms with Crippen molar-refractivity contribution in [3.05, 3.63) is 47.5 Å². The Balaban J connectivity index is 1.67. The van der Waals surface area contributed by atoms with Crippen molar-refractivity contribution >= 4 is 22.4 Å². The molecule has 0 amide bonds. The maximum Gasteiger partial charge on any atom is 0.157 e. The quantitative estimate of drug-likeness (QED) is 0.774. The monoisotopic (exact) mass is 350 g/mol. The number of ether oxygens (including phenoxy) is 1. The lowest BCUT2D eigenvalue weighted by molar-refractivity contribution is 0.122. The van der Waals surface area contributed by atoms with Gasteiger partial charge in [-0.2, -0.15) is 5.10 Å². The van der Waals surface area contributed by atoms with Gasteiger partial charge in [0.05, 0.1) is 18.9 Å². The van der Waals surface area contributed by atoms with E-state index in [2.05, 4.69) is 42.5 Å². The number of morpholine rings is 1. The fraction of sp³-hybridized carbons (Fsp3) is 0.368. The van der Waals surface area contributed by atoms with Crippen molar-refractivity contribution in [3.63, 3.8) is 0 Å². The molecule has 3 aromatic heterocycles. The van der Waals surface area contributed by atoms with E-state index < -0.39 is 0 Å². The van der Waals surface area contributed by atoms with E-state index in [0.29, 0.717) is 6.54 Å². The third kappa shape index (κ3) is 3.30. The standard InChI is InChI=1S/C19H22N6O/c1-13-15(4-3-5-20-13)11-22-19-16-10-18(25-6-8-26-9-7-25)21-12-17(16)14(2)23-24-19/h3-5,10,12H,6-9,11H2,1-2H3,(H,22,24). The summed E-state index contributed by atoms with van der Waals surface area (Å²) in [6.07, 6.45) is 3.70. The molecule has 0 aliphatic carbocycles. The molecule has 0 spiro atoms. The molecule has 0 saturated carbocycles. The first kappa shape index (κ1) is 16.7. The highest BCUT2D eigenvalue weighted by molar-refractivity contribution is 5.94. The van der Waals surface area contributed by atoms with Crippen LogP contribution in [0.25, 0.3) is 10.8 Å². The highest BCUT2D eigenvalue weighted by Crippen LogP contribution is 2.26. The number of hydrogen-bond donors (Lipinski definition) is 1. The summed E-state index contributed by atoms with van der Waals surface area (Å²) in [7, 11) is 0. The first-order chi connectivity index (χ1) is 12.7. The smallest absolute Gasteiger partial charge is 0.157 e. The van der Waals surface area contributed by atoms with Gasteiger partial charge in [0.1, 0.15) is 5.82 Å². The van der Waals surface area contributed by atoms with Crippen LogP contribution in [0.1, 0.15) is 17.0 Å². The normalized spacial score (nSPS) is 14.6.